The van der Waals surface area contributed by atoms with E-state index >= 15 is 0 Å². The van der Waals surface area contributed by atoms with E-state index in [0.717, 1.165) is 11.1 Å². The maximum absolute atomic E-state index is 13.2. The summed E-state index contributed by atoms with van der Waals surface area (Å²) in [6.45, 7) is 0.891. The maximum Gasteiger partial charge on any atom is 0.314 e. The van der Waals surface area contributed by atoms with Gasteiger partial charge >= 0.3 is 11.9 Å². The van der Waals surface area contributed by atoms with E-state index in [1.54, 1.807) is 0 Å². The molecule has 31 heavy (non-hydrogen) atoms. The second kappa shape index (κ2) is 9.66. The molecule has 2 saturated heterocycles. The Hall–Kier alpha value is -2.64. The van der Waals surface area contributed by atoms with Gasteiger partial charge in [0, 0.05) is 6.61 Å². The van der Waals surface area contributed by atoms with Crippen LogP contribution in [0.3, 0.4) is 0 Å². The van der Waals surface area contributed by atoms with Crippen molar-refractivity contribution in [2.45, 2.75) is 50.2 Å². The summed E-state index contributed by atoms with van der Waals surface area (Å²) in [5, 5.41) is 0. The van der Waals surface area contributed by atoms with Crippen LogP contribution < -0.4 is 0 Å². The van der Waals surface area contributed by atoms with Crippen LogP contribution in [0.5, 0.6) is 0 Å². The van der Waals surface area contributed by atoms with E-state index in [2.05, 4.69) is 0 Å². The van der Waals surface area contributed by atoms with Gasteiger partial charge in [-0.05, 0) is 24.0 Å². The maximum atomic E-state index is 13.2. The van der Waals surface area contributed by atoms with Gasteiger partial charge in [0.05, 0.1) is 24.1 Å². The van der Waals surface area contributed by atoms with Gasteiger partial charge in [-0.25, -0.2) is 0 Å². The first kappa shape index (κ1) is 21.6. The molecule has 162 valence electrons. The standard InChI is InChI=1S/C24H27BO6/c25-22-21-20(23(27)30-16-18-10-5-2-6-11-18)24(31-22,12-7-13-28-21)14-19(26)29-15-17-8-3-1-4-9-17/h1-6,8-11,20-22H,7,12-16,25H2/t20?,21?,22-,24-/m1/s1. The Labute approximate surface area is 183 Å². The van der Waals surface area contributed by atoms with Crippen LogP contribution in [0.15, 0.2) is 60.7 Å². The normalized spacial score (nSPS) is 27.3. The van der Waals surface area contributed by atoms with Crippen molar-refractivity contribution in [3.05, 3.63) is 71.8 Å². The minimum Gasteiger partial charge on any atom is -0.461 e. The largest absolute Gasteiger partial charge is 0.461 e. The Morgan fingerprint density at radius 1 is 0.968 bits per heavy atom. The fourth-order valence-corrected chi connectivity index (χ4v) is 4.56. The summed E-state index contributed by atoms with van der Waals surface area (Å²) in [6.07, 6.45) is 0.805. The molecule has 4 rings (SSSR count). The molecule has 2 aromatic rings. The number of rotatable bonds is 7. The van der Waals surface area contributed by atoms with Crippen LogP contribution in [0.1, 0.15) is 30.4 Å². The monoisotopic (exact) mass is 422 g/mol. The first-order valence-electron chi connectivity index (χ1n) is 10.8. The zero-order chi connectivity index (χ0) is 21.7. The second-order valence-electron chi connectivity index (χ2n) is 8.22. The Bertz CT molecular complexity index is 889. The molecule has 6 nitrogen and oxygen atoms in total. The summed E-state index contributed by atoms with van der Waals surface area (Å²) in [7, 11) is 1.88. The Morgan fingerprint density at radius 2 is 1.58 bits per heavy atom. The Morgan fingerprint density at radius 3 is 2.23 bits per heavy atom. The molecular weight excluding hydrogens is 395 g/mol. The molecule has 0 saturated carbocycles. The Balaban J connectivity index is 1.46. The van der Waals surface area contributed by atoms with E-state index in [9.17, 15) is 9.59 Å². The average Bonchev–Trinajstić information content (AvgIpc) is 2.92. The molecule has 2 bridgehead atoms. The quantitative estimate of drug-likeness (QED) is 0.504. The summed E-state index contributed by atoms with van der Waals surface area (Å²) in [6, 6.07) is 18.7. The number of carbonyl (C=O) groups excluding carboxylic acids is 2. The van der Waals surface area contributed by atoms with Gasteiger partial charge in [0.15, 0.2) is 0 Å². The number of hydrogen-bond donors (Lipinski definition) is 0. The molecule has 2 aliphatic rings. The lowest BCUT2D eigenvalue weighted by molar-refractivity contribution is -0.164. The van der Waals surface area contributed by atoms with Gasteiger partial charge in [-0.3, -0.25) is 9.59 Å². The minimum absolute atomic E-state index is 0.00482. The topological polar surface area (TPSA) is 71.1 Å². The third-order valence-electron chi connectivity index (χ3n) is 6.00. The van der Waals surface area contributed by atoms with Gasteiger partial charge in [0.2, 0.25) is 0 Å². The van der Waals surface area contributed by atoms with Crippen molar-refractivity contribution in [1.29, 1.82) is 0 Å². The van der Waals surface area contributed by atoms with E-state index in [0.29, 0.717) is 19.4 Å². The predicted molar refractivity (Wildman–Crippen MR) is 116 cm³/mol. The van der Waals surface area contributed by atoms with Crippen molar-refractivity contribution in [1.82, 2.24) is 0 Å². The molecule has 7 heteroatoms. The van der Waals surface area contributed by atoms with Crippen molar-refractivity contribution in [2.24, 2.45) is 5.92 Å². The molecule has 2 aromatic carbocycles. The van der Waals surface area contributed by atoms with Gasteiger partial charge in [0.25, 0.3) is 0 Å². The molecule has 0 aromatic heterocycles. The lowest BCUT2D eigenvalue weighted by Gasteiger charge is -2.32. The van der Waals surface area contributed by atoms with Crippen molar-refractivity contribution in [3.8, 4) is 0 Å². The van der Waals surface area contributed by atoms with Crippen molar-refractivity contribution in [3.63, 3.8) is 0 Å². The lowest BCUT2D eigenvalue weighted by atomic mass is 9.78. The highest BCUT2D eigenvalue weighted by Crippen LogP contribution is 2.46. The van der Waals surface area contributed by atoms with Crippen LogP contribution in [0, 0.1) is 5.92 Å². The molecule has 2 aliphatic heterocycles. The molecule has 2 heterocycles. The molecule has 4 atom stereocenters. The van der Waals surface area contributed by atoms with Crippen LogP contribution in [0.2, 0.25) is 0 Å². The third kappa shape index (κ3) is 5.00. The van der Waals surface area contributed by atoms with Crippen molar-refractivity contribution >= 4 is 19.8 Å². The molecule has 0 radical (unpaired) electrons. The first-order valence-corrected chi connectivity index (χ1v) is 10.8. The minimum atomic E-state index is -0.970. The van der Waals surface area contributed by atoms with Gasteiger partial charge < -0.3 is 18.9 Å². The molecule has 2 unspecified atom stereocenters. The van der Waals surface area contributed by atoms with Gasteiger partial charge in [-0.2, -0.15) is 0 Å². The van der Waals surface area contributed by atoms with Crippen molar-refractivity contribution in [2.75, 3.05) is 6.61 Å². The summed E-state index contributed by atoms with van der Waals surface area (Å²) in [5.74, 6) is -1.45. The SMILES string of the molecule is B[C@@H]1O[C@@]2(CC(=O)OCc3ccccc3)CCCOC1C2C(=O)OCc1ccccc1. The smallest absolute Gasteiger partial charge is 0.314 e. The number of hydrogen-bond acceptors (Lipinski definition) is 6. The summed E-state index contributed by atoms with van der Waals surface area (Å²) >= 11 is 0. The predicted octanol–water partition coefficient (Wildman–Crippen LogP) is 2.39. The molecule has 0 N–H and O–H groups in total. The summed E-state index contributed by atoms with van der Waals surface area (Å²) < 4.78 is 23.3. The fraction of sp³-hybridized carbons (Fsp3) is 0.417. The van der Waals surface area contributed by atoms with Gasteiger partial charge in [-0.1, -0.05) is 60.7 Å². The van der Waals surface area contributed by atoms with Gasteiger partial charge in [-0.15, -0.1) is 0 Å². The molecule has 0 spiro atoms. The third-order valence-corrected chi connectivity index (χ3v) is 6.00. The highest BCUT2D eigenvalue weighted by atomic mass is 16.6. The van der Waals surface area contributed by atoms with Crippen LogP contribution in [-0.2, 0) is 41.8 Å². The number of carbonyl (C=O) groups is 2. The average molecular weight is 422 g/mol. The number of benzene rings is 2. The van der Waals surface area contributed by atoms with E-state index in [4.69, 9.17) is 18.9 Å². The molecule has 0 amide bonds. The second-order valence-corrected chi connectivity index (χ2v) is 8.22. The zero-order valence-corrected chi connectivity index (χ0v) is 17.7. The molecule has 0 aliphatic carbocycles. The van der Waals surface area contributed by atoms with Gasteiger partial charge in [0.1, 0.15) is 27.0 Å². The highest BCUT2D eigenvalue weighted by molar-refractivity contribution is 6.12. The number of esters is 2. The summed E-state index contributed by atoms with van der Waals surface area (Å²) in [4.78, 5) is 25.9. The molecular formula is C24H27BO6. The van der Waals surface area contributed by atoms with Crippen LogP contribution in [0.4, 0.5) is 0 Å². The van der Waals surface area contributed by atoms with E-state index in [1.807, 2.05) is 68.5 Å². The van der Waals surface area contributed by atoms with E-state index in [1.165, 1.54) is 0 Å². The fourth-order valence-electron chi connectivity index (χ4n) is 4.56. The zero-order valence-electron chi connectivity index (χ0n) is 17.7. The van der Waals surface area contributed by atoms with Crippen molar-refractivity contribution < 1.29 is 28.5 Å². The van der Waals surface area contributed by atoms with E-state index in [-0.39, 0.29) is 31.6 Å². The number of ether oxygens (including phenoxy) is 4. The Kier molecular flexibility index (Phi) is 6.73. The van der Waals surface area contributed by atoms with Crippen LogP contribution >= 0.6 is 0 Å². The summed E-state index contributed by atoms with van der Waals surface area (Å²) in [5.41, 5.74) is 0.847. The molecule has 2 fully saturated rings. The van der Waals surface area contributed by atoms with Crippen LogP contribution in [-0.4, -0.2) is 44.1 Å². The lowest BCUT2D eigenvalue weighted by Crippen LogP contribution is -2.45. The highest BCUT2D eigenvalue weighted by Gasteiger charge is 2.59. The van der Waals surface area contributed by atoms with Crippen LogP contribution in [0.25, 0.3) is 0 Å². The number of fused-ring (bicyclic) bond motifs is 2. The van der Waals surface area contributed by atoms with E-state index < -0.39 is 23.6 Å². The first-order chi connectivity index (χ1) is 15.1.